The fourth-order valence-corrected chi connectivity index (χ4v) is 2.94. The van der Waals surface area contributed by atoms with E-state index in [1.807, 2.05) is 12.3 Å². The Morgan fingerprint density at radius 2 is 2.38 bits per heavy atom. The van der Waals surface area contributed by atoms with E-state index in [0.29, 0.717) is 12.0 Å². The van der Waals surface area contributed by atoms with Gasteiger partial charge in [0.1, 0.15) is 0 Å². The SMILES string of the molecule is CCC1CCCC(C(N)Cc2ccoc2)C1. The third kappa shape index (κ3) is 2.88. The van der Waals surface area contributed by atoms with Crippen molar-refractivity contribution in [2.45, 2.75) is 51.5 Å². The van der Waals surface area contributed by atoms with E-state index in [9.17, 15) is 0 Å². The minimum absolute atomic E-state index is 0.312. The van der Waals surface area contributed by atoms with Crippen LogP contribution in [0, 0.1) is 11.8 Å². The maximum atomic E-state index is 6.31. The van der Waals surface area contributed by atoms with E-state index in [1.165, 1.54) is 37.7 Å². The van der Waals surface area contributed by atoms with Gasteiger partial charge in [0.25, 0.3) is 0 Å². The van der Waals surface area contributed by atoms with Gasteiger partial charge in [-0.25, -0.2) is 0 Å². The van der Waals surface area contributed by atoms with Crippen molar-refractivity contribution in [3.8, 4) is 0 Å². The van der Waals surface area contributed by atoms with Gasteiger partial charge in [0.05, 0.1) is 12.5 Å². The van der Waals surface area contributed by atoms with Gasteiger partial charge in [-0.15, -0.1) is 0 Å². The van der Waals surface area contributed by atoms with Crippen LogP contribution in [0.4, 0.5) is 0 Å². The summed E-state index contributed by atoms with van der Waals surface area (Å²) in [5.74, 6) is 1.63. The summed E-state index contributed by atoms with van der Waals surface area (Å²) in [6, 6.07) is 2.34. The van der Waals surface area contributed by atoms with E-state index in [0.717, 1.165) is 12.3 Å². The van der Waals surface area contributed by atoms with Crippen LogP contribution in [0.15, 0.2) is 23.0 Å². The third-order valence-corrected chi connectivity index (χ3v) is 4.06. The second kappa shape index (κ2) is 5.53. The highest BCUT2D eigenvalue weighted by Gasteiger charge is 2.25. The number of hydrogen-bond acceptors (Lipinski definition) is 2. The quantitative estimate of drug-likeness (QED) is 0.846. The summed E-state index contributed by atoms with van der Waals surface area (Å²) in [7, 11) is 0. The number of rotatable bonds is 4. The van der Waals surface area contributed by atoms with Crippen molar-refractivity contribution in [2.75, 3.05) is 0 Å². The molecule has 3 unspecified atom stereocenters. The fourth-order valence-electron chi connectivity index (χ4n) is 2.94. The van der Waals surface area contributed by atoms with Gasteiger partial charge < -0.3 is 10.2 Å². The molecule has 1 heterocycles. The van der Waals surface area contributed by atoms with E-state index in [-0.39, 0.29) is 0 Å². The van der Waals surface area contributed by atoms with Crippen molar-refractivity contribution in [3.05, 3.63) is 24.2 Å². The molecule has 16 heavy (non-hydrogen) atoms. The Labute approximate surface area is 98.2 Å². The molecule has 3 atom stereocenters. The minimum atomic E-state index is 0.312. The number of furan rings is 1. The molecule has 1 aromatic heterocycles. The van der Waals surface area contributed by atoms with Gasteiger partial charge >= 0.3 is 0 Å². The molecule has 0 aliphatic heterocycles. The Kier molecular flexibility index (Phi) is 4.05. The Morgan fingerprint density at radius 3 is 3.06 bits per heavy atom. The first-order valence-electron chi connectivity index (χ1n) is 6.56. The van der Waals surface area contributed by atoms with Gasteiger partial charge in [0, 0.05) is 6.04 Å². The van der Waals surface area contributed by atoms with Crippen LogP contribution in [0.2, 0.25) is 0 Å². The first-order valence-corrected chi connectivity index (χ1v) is 6.56. The highest BCUT2D eigenvalue weighted by Crippen LogP contribution is 2.33. The van der Waals surface area contributed by atoms with Gasteiger partial charge in [-0.2, -0.15) is 0 Å². The Morgan fingerprint density at radius 1 is 1.50 bits per heavy atom. The van der Waals surface area contributed by atoms with Crippen molar-refractivity contribution in [3.63, 3.8) is 0 Å². The average molecular weight is 221 g/mol. The monoisotopic (exact) mass is 221 g/mol. The predicted octanol–water partition coefficient (Wildman–Crippen LogP) is 3.37. The van der Waals surface area contributed by atoms with E-state index < -0.39 is 0 Å². The topological polar surface area (TPSA) is 39.2 Å². The lowest BCUT2D eigenvalue weighted by Crippen LogP contribution is -2.35. The zero-order valence-electron chi connectivity index (χ0n) is 10.2. The maximum Gasteiger partial charge on any atom is 0.0935 e. The molecule has 1 aliphatic carbocycles. The third-order valence-electron chi connectivity index (χ3n) is 4.06. The van der Waals surface area contributed by atoms with E-state index >= 15 is 0 Å². The maximum absolute atomic E-state index is 6.31. The molecule has 1 aromatic rings. The molecule has 2 N–H and O–H groups in total. The number of hydrogen-bond donors (Lipinski definition) is 1. The molecule has 2 rings (SSSR count). The molecule has 0 spiro atoms. The first kappa shape index (κ1) is 11.7. The molecule has 90 valence electrons. The molecule has 1 saturated carbocycles. The largest absolute Gasteiger partial charge is 0.472 e. The molecule has 0 saturated heterocycles. The average Bonchev–Trinajstić information content (AvgIpc) is 2.82. The van der Waals surface area contributed by atoms with Gasteiger partial charge in [-0.05, 0) is 42.7 Å². The van der Waals surface area contributed by atoms with E-state index in [1.54, 1.807) is 6.26 Å². The van der Waals surface area contributed by atoms with Crippen molar-refractivity contribution >= 4 is 0 Å². The molecule has 2 heteroatoms. The van der Waals surface area contributed by atoms with E-state index in [4.69, 9.17) is 10.2 Å². The lowest BCUT2D eigenvalue weighted by atomic mass is 9.76. The van der Waals surface area contributed by atoms with Crippen LogP contribution >= 0.6 is 0 Å². The molecule has 0 bridgehead atoms. The Balaban J connectivity index is 1.86. The fraction of sp³-hybridized carbons (Fsp3) is 0.714. The summed E-state index contributed by atoms with van der Waals surface area (Å²) in [5, 5.41) is 0. The van der Waals surface area contributed by atoms with Crippen molar-refractivity contribution in [2.24, 2.45) is 17.6 Å². The smallest absolute Gasteiger partial charge is 0.0935 e. The number of nitrogens with two attached hydrogens (primary N) is 1. The van der Waals surface area contributed by atoms with Crippen LogP contribution in [-0.2, 0) is 6.42 Å². The van der Waals surface area contributed by atoms with Crippen LogP contribution in [0.5, 0.6) is 0 Å². The van der Waals surface area contributed by atoms with Gasteiger partial charge in [-0.3, -0.25) is 0 Å². The van der Waals surface area contributed by atoms with Crippen LogP contribution in [0.25, 0.3) is 0 Å². The van der Waals surface area contributed by atoms with E-state index in [2.05, 4.69) is 6.92 Å². The zero-order valence-corrected chi connectivity index (χ0v) is 10.2. The summed E-state index contributed by atoms with van der Waals surface area (Å²) in [6.07, 6.45) is 11.3. The molecule has 0 radical (unpaired) electrons. The highest BCUT2D eigenvalue weighted by atomic mass is 16.3. The molecule has 0 amide bonds. The summed E-state index contributed by atoms with van der Waals surface area (Å²) in [5.41, 5.74) is 7.56. The second-order valence-corrected chi connectivity index (χ2v) is 5.20. The lowest BCUT2D eigenvalue weighted by Gasteiger charge is -2.32. The van der Waals surface area contributed by atoms with Crippen LogP contribution in [0.1, 0.15) is 44.6 Å². The zero-order chi connectivity index (χ0) is 11.4. The van der Waals surface area contributed by atoms with Crippen LogP contribution in [0.3, 0.4) is 0 Å². The molecular formula is C14H23NO. The minimum Gasteiger partial charge on any atom is -0.472 e. The van der Waals surface area contributed by atoms with Crippen molar-refractivity contribution in [1.82, 2.24) is 0 Å². The summed E-state index contributed by atoms with van der Waals surface area (Å²) in [6.45, 7) is 2.30. The summed E-state index contributed by atoms with van der Waals surface area (Å²) >= 11 is 0. The van der Waals surface area contributed by atoms with Crippen molar-refractivity contribution in [1.29, 1.82) is 0 Å². The van der Waals surface area contributed by atoms with Gasteiger partial charge in [0.2, 0.25) is 0 Å². The Hall–Kier alpha value is -0.760. The Bertz CT molecular complexity index is 294. The standard InChI is InChI=1S/C14H23NO/c1-2-11-4-3-5-13(8-11)14(15)9-12-6-7-16-10-12/h6-7,10-11,13-14H,2-5,8-9,15H2,1H3. The van der Waals surface area contributed by atoms with Gasteiger partial charge in [0.15, 0.2) is 0 Å². The lowest BCUT2D eigenvalue weighted by molar-refractivity contribution is 0.228. The van der Waals surface area contributed by atoms with Gasteiger partial charge in [-0.1, -0.05) is 26.2 Å². The molecular weight excluding hydrogens is 198 g/mol. The summed E-state index contributed by atoms with van der Waals surface area (Å²) in [4.78, 5) is 0. The molecule has 1 fully saturated rings. The molecule has 0 aromatic carbocycles. The highest BCUT2D eigenvalue weighted by molar-refractivity contribution is 5.07. The van der Waals surface area contributed by atoms with Crippen LogP contribution in [-0.4, -0.2) is 6.04 Å². The normalized spacial score (nSPS) is 27.9. The molecule has 2 nitrogen and oxygen atoms in total. The van der Waals surface area contributed by atoms with Crippen molar-refractivity contribution < 1.29 is 4.42 Å². The second-order valence-electron chi connectivity index (χ2n) is 5.20. The molecule has 1 aliphatic rings. The summed E-state index contributed by atoms with van der Waals surface area (Å²) < 4.78 is 5.09. The van der Waals surface area contributed by atoms with Crippen LogP contribution < -0.4 is 5.73 Å². The first-order chi connectivity index (χ1) is 7.79. The predicted molar refractivity (Wildman–Crippen MR) is 66.1 cm³/mol.